The fourth-order valence-electron chi connectivity index (χ4n) is 4.97. The summed E-state index contributed by atoms with van der Waals surface area (Å²) in [5.41, 5.74) is 1.08. The van der Waals surface area contributed by atoms with Crippen molar-refractivity contribution < 1.29 is 33.8 Å². The van der Waals surface area contributed by atoms with Crippen LogP contribution in [0.4, 0.5) is 4.79 Å². The summed E-state index contributed by atoms with van der Waals surface area (Å²) in [7, 11) is 0. The van der Waals surface area contributed by atoms with Crippen molar-refractivity contribution in [2.24, 2.45) is 0 Å². The molecule has 0 aliphatic heterocycles. The first-order valence-electron chi connectivity index (χ1n) is 16.2. The molecule has 260 valence electrons. The van der Waals surface area contributed by atoms with Gasteiger partial charge in [0.05, 0.1) is 0 Å². The summed E-state index contributed by atoms with van der Waals surface area (Å²) in [6.45, 7) is 12.2. The van der Waals surface area contributed by atoms with Crippen LogP contribution in [0.5, 0.6) is 5.75 Å². The molecule has 3 unspecified atom stereocenters. The molecular formula is C39H47N3O7. The molecule has 10 nitrogen and oxygen atoms in total. The minimum absolute atomic E-state index is 0.0271. The molecule has 0 aliphatic carbocycles. The fraction of sp³-hybridized carbons (Fsp3) is 0.385. The van der Waals surface area contributed by atoms with Crippen LogP contribution in [0.25, 0.3) is 0 Å². The summed E-state index contributed by atoms with van der Waals surface area (Å²) in [4.78, 5) is 56.1. The number of nitrogens with one attached hydrogen (secondary N) is 2. The van der Waals surface area contributed by atoms with Crippen LogP contribution in [0.2, 0.25) is 0 Å². The molecule has 0 heterocycles. The number of ether oxygens (including phenoxy) is 2. The third-order valence-corrected chi connectivity index (χ3v) is 7.24. The van der Waals surface area contributed by atoms with Gasteiger partial charge in [-0.2, -0.15) is 0 Å². The summed E-state index contributed by atoms with van der Waals surface area (Å²) < 4.78 is 11.1. The topological polar surface area (TPSA) is 134 Å². The third-order valence-electron chi connectivity index (χ3n) is 7.24. The van der Waals surface area contributed by atoms with Crippen molar-refractivity contribution in [3.63, 3.8) is 0 Å². The Morgan fingerprint density at radius 2 is 1.29 bits per heavy atom. The van der Waals surface area contributed by atoms with Crippen LogP contribution in [-0.2, 0) is 43.1 Å². The van der Waals surface area contributed by atoms with Gasteiger partial charge in [0, 0.05) is 18.9 Å². The maximum absolute atomic E-state index is 14.4. The lowest BCUT2D eigenvalue weighted by Crippen LogP contribution is -2.54. The van der Waals surface area contributed by atoms with Crippen molar-refractivity contribution in [2.45, 2.75) is 97.1 Å². The average Bonchev–Trinajstić information content (AvgIpc) is 3.02. The van der Waals surface area contributed by atoms with Gasteiger partial charge in [0.1, 0.15) is 35.1 Å². The van der Waals surface area contributed by atoms with E-state index in [0.717, 1.165) is 22.4 Å². The van der Waals surface area contributed by atoms with Crippen LogP contribution >= 0.6 is 0 Å². The molecule has 3 atom stereocenters. The second-order valence-corrected chi connectivity index (χ2v) is 13.7. The van der Waals surface area contributed by atoms with Gasteiger partial charge in [-0.15, -0.1) is 0 Å². The van der Waals surface area contributed by atoms with Gasteiger partial charge in [-0.3, -0.25) is 14.5 Å². The van der Waals surface area contributed by atoms with E-state index < -0.39 is 53.2 Å². The van der Waals surface area contributed by atoms with Crippen LogP contribution in [-0.4, -0.2) is 57.2 Å². The van der Waals surface area contributed by atoms with E-state index in [2.05, 4.69) is 16.7 Å². The lowest BCUT2D eigenvalue weighted by atomic mass is 9.98. The summed E-state index contributed by atoms with van der Waals surface area (Å²) >= 11 is 0. The van der Waals surface area contributed by atoms with Crippen LogP contribution in [0, 0.1) is 12.5 Å². The van der Waals surface area contributed by atoms with Crippen molar-refractivity contribution in [1.82, 2.24) is 15.5 Å². The van der Waals surface area contributed by atoms with E-state index in [9.17, 15) is 24.3 Å². The Kier molecular flexibility index (Phi) is 13.0. The van der Waals surface area contributed by atoms with Crippen molar-refractivity contribution in [1.29, 1.82) is 0 Å². The molecule has 49 heavy (non-hydrogen) atoms. The average molecular weight is 670 g/mol. The Morgan fingerprint density at radius 1 is 0.755 bits per heavy atom. The summed E-state index contributed by atoms with van der Waals surface area (Å²) in [6.07, 6.45) is 5.96. The van der Waals surface area contributed by atoms with E-state index in [0.29, 0.717) is 11.1 Å². The standard InChI is InChI=1S/C39H47N3O7/c1-9-26-16-20-29(21-17-26)33(34(44)40-32(36(46)48-38(3,4)5)25-27-14-12-11-13-15-27)42(10-2)35(45)31(41-37(47)49-39(6,7)8)24-28-18-22-30(43)23-19-28/h2,11-23,31-33,43H,9,24-25H2,1,3-8H3,(H,40,44)(H,41,47). The van der Waals surface area contributed by atoms with Gasteiger partial charge in [0.15, 0.2) is 0 Å². The Labute approximate surface area is 289 Å². The minimum Gasteiger partial charge on any atom is -0.508 e. The van der Waals surface area contributed by atoms with Crippen molar-refractivity contribution in [3.05, 3.63) is 101 Å². The molecule has 0 saturated carbocycles. The molecule has 0 radical (unpaired) electrons. The molecule has 0 spiro atoms. The molecule has 3 aromatic carbocycles. The van der Waals surface area contributed by atoms with Crippen LogP contribution < -0.4 is 10.6 Å². The number of amides is 3. The minimum atomic E-state index is -1.40. The predicted octanol–water partition coefficient (Wildman–Crippen LogP) is 5.62. The number of aromatic hydroxyl groups is 1. The summed E-state index contributed by atoms with van der Waals surface area (Å²) in [5.74, 6) is -2.11. The SMILES string of the molecule is C#CN(C(=O)C(Cc1ccc(O)cc1)NC(=O)OC(C)(C)C)C(C(=O)NC(Cc1ccccc1)C(=O)OC(C)(C)C)c1ccc(CC)cc1. The number of esters is 1. The number of phenols is 1. The van der Waals surface area contributed by atoms with E-state index >= 15 is 0 Å². The number of rotatable bonds is 12. The van der Waals surface area contributed by atoms with Gasteiger partial charge in [-0.05, 0) is 82.3 Å². The molecule has 3 aromatic rings. The quantitative estimate of drug-likeness (QED) is 0.130. The highest BCUT2D eigenvalue weighted by molar-refractivity contribution is 5.95. The summed E-state index contributed by atoms with van der Waals surface area (Å²) in [5, 5.41) is 15.2. The van der Waals surface area contributed by atoms with E-state index in [1.807, 2.05) is 49.4 Å². The predicted molar refractivity (Wildman–Crippen MR) is 187 cm³/mol. The van der Waals surface area contributed by atoms with Gasteiger partial charge in [-0.1, -0.05) is 80.1 Å². The molecule has 3 amide bonds. The lowest BCUT2D eigenvalue weighted by Gasteiger charge is -2.32. The first-order chi connectivity index (χ1) is 23.0. The monoisotopic (exact) mass is 669 g/mol. The number of hydrogen-bond acceptors (Lipinski definition) is 7. The van der Waals surface area contributed by atoms with Crippen LogP contribution in [0.1, 0.15) is 76.8 Å². The number of carbonyl (C=O) groups is 4. The Hall–Kier alpha value is -5.30. The number of terminal acetylenes is 1. The van der Waals surface area contributed by atoms with Gasteiger partial charge in [0.25, 0.3) is 5.91 Å². The normalized spacial score (nSPS) is 13.2. The summed E-state index contributed by atoms with van der Waals surface area (Å²) in [6, 6.07) is 20.9. The van der Waals surface area contributed by atoms with Gasteiger partial charge in [-0.25, -0.2) is 9.59 Å². The molecule has 0 bridgehead atoms. The van der Waals surface area contributed by atoms with Crippen molar-refractivity contribution in [2.75, 3.05) is 0 Å². The van der Waals surface area contributed by atoms with Crippen molar-refractivity contribution >= 4 is 23.9 Å². The number of nitrogens with zero attached hydrogens (tertiary/aromatic N) is 1. The van der Waals surface area contributed by atoms with Gasteiger partial charge >= 0.3 is 12.1 Å². The number of aryl methyl sites for hydroxylation is 1. The van der Waals surface area contributed by atoms with E-state index in [1.54, 1.807) is 65.8 Å². The highest BCUT2D eigenvalue weighted by atomic mass is 16.6. The van der Waals surface area contributed by atoms with Crippen molar-refractivity contribution in [3.8, 4) is 18.2 Å². The number of benzene rings is 3. The molecule has 0 aromatic heterocycles. The molecule has 0 aliphatic rings. The fourth-order valence-corrected chi connectivity index (χ4v) is 4.97. The third kappa shape index (κ3) is 12.0. The highest BCUT2D eigenvalue weighted by Crippen LogP contribution is 2.25. The first kappa shape index (κ1) is 38.2. The molecular weight excluding hydrogens is 622 g/mol. The molecule has 0 saturated heterocycles. The Bertz CT molecular complexity index is 1620. The number of phenolic OH excluding ortho intramolecular Hbond substituents is 1. The zero-order valence-corrected chi connectivity index (χ0v) is 29.3. The largest absolute Gasteiger partial charge is 0.508 e. The lowest BCUT2D eigenvalue weighted by molar-refractivity contribution is -0.159. The van der Waals surface area contributed by atoms with Gasteiger partial charge in [0.2, 0.25) is 5.91 Å². The molecule has 3 rings (SSSR count). The molecule has 0 fully saturated rings. The number of hydrogen-bond donors (Lipinski definition) is 3. The van der Waals surface area contributed by atoms with E-state index in [4.69, 9.17) is 15.9 Å². The van der Waals surface area contributed by atoms with E-state index in [-0.39, 0.29) is 18.6 Å². The van der Waals surface area contributed by atoms with Crippen LogP contribution in [0.3, 0.4) is 0 Å². The van der Waals surface area contributed by atoms with E-state index in [1.165, 1.54) is 12.1 Å². The maximum Gasteiger partial charge on any atom is 0.408 e. The first-order valence-corrected chi connectivity index (χ1v) is 16.2. The van der Waals surface area contributed by atoms with Gasteiger partial charge < -0.3 is 25.2 Å². The Morgan fingerprint density at radius 3 is 1.82 bits per heavy atom. The molecule has 3 N–H and O–H groups in total. The number of alkyl carbamates (subject to hydrolysis) is 1. The maximum atomic E-state index is 14.4. The van der Waals surface area contributed by atoms with Crippen LogP contribution in [0.15, 0.2) is 78.9 Å². The highest BCUT2D eigenvalue weighted by Gasteiger charge is 2.38. The second kappa shape index (κ2) is 16.7. The second-order valence-electron chi connectivity index (χ2n) is 13.7. The Balaban J connectivity index is 2.06. The zero-order valence-electron chi connectivity index (χ0n) is 29.3. The molecule has 10 heteroatoms. The smallest absolute Gasteiger partial charge is 0.408 e. The number of carbonyl (C=O) groups excluding carboxylic acids is 4. The zero-order chi connectivity index (χ0) is 36.4.